The molecular weight excluding hydrogens is 262 g/mol. The van der Waals surface area contributed by atoms with Crippen LogP contribution in [0.25, 0.3) is 0 Å². The number of aliphatic hydroxyl groups is 1. The predicted octanol–water partition coefficient (Wildman–Crippen LogP) is 1.25. The molecule has 1 aromatic carbocycles. The molecule has 1 aliphatic rings. The first-order valence-electron chi connectivity index (χ1n) is 7.76. The molecule has 3 N–H and O–H groups in total. The average molecular weight is 291 g/mol. The van der Waals surface area contributed by atoms with Crippen LogP contribution in [-0.2, 0) is 5.54 Å². The van der Waals surface area contributed by atoms with E-state index in [9.17, 15) is 5.11 Å². The summed E-state index contributed by atoms with van der Waals surface area (Å²) in [5.74, 6) is 0. The first-order valence-corrected chi connectivity index (χ1v) is 7.76. The Morgan fingerprint density at radius 1 is 1.24 bits per heavy atom. The van der Waals surface area contributed by atoms with Gasteiger partial charge in [0, 0.05) is 31.7 Å². The van der Waals surface area contributed by atoms with Crippen molar-refractivity contribution in [2.45, 2.75) is 31.3 Å². The lowest BCUT2D eigenvalue weighted by Crippen LogP contribution is -2.58. The molecule has 1 atom stereocenters. The van der Waals surface area contributed by atoms with Crippen LogP contribution < -0.4 is 5.73 Å². The monoisotopic (exact) mass is 291 g/mol. The minimum atomic E-state index is -0.644. The third-order valence-electron chi connectivity index (χ3n) is 4.90. The van der Waals surface area contributed by atoms with Crippen LogP contribution in [0, 0.1) is 0 Å². The van der Waals surface area contributed by atoms with Gasteiger partial charge in [0.15, 0.2) is 0 Å². The second-order valence-corrected chi connectivity index (χ2v) is 6.94. The van der Waals surface area contributed by atoms with Gasteiger partial charge in [-0.3, -0.25) is 4.90 Å². The fourth-order valence-corrected chi connectivity index (χ4v) is 2.97. The molecule has 0 amide bonds. The molecule has 1 aliphatic heterocycles. The maximum Gasteiger partial charge on any atom is 0.0656 e. The van der Waals surface area contributed by atoms with E-state index in [-0.39, 0.29) is 12.1 Å². The summed E-state index contributed by atoms with van der Waals surface area (Å²) in [6.45, 7) is 8.64. The number of aliphatic hydroxyl groups excluding tert-OH is 1. The van der Waals surface area contributed by atoms with Crippen molar-refractivity contribution in [3.05, 3.63) is 35.9 Å². The molecule has 0 bridgehead atoms. The summed E-state index contributed by atoms with van der Waals surface area (Å²) < 4.78 is 0. The van der Waals surface area contributed by atoms with Crippen molar-refractivity contribution in [3.8, 4) is 0 Å². The Morgan fingerprint density at radius 2 is 1.90 bits per heavy atom. The lowest BCUT2D eigenvalue weighted by molar-refractivity contribution is 0.0337. The number of rotatable bonds is 5. The van der Waals surface area contributed by atoms with Gasteiger partial charge in [0.1, 0.15) is 0 Å². The SMILES string of the molecule is CN1CCN(CCC(N)(CO)c2ccccc2)CC1(C)C. The highest BCUT2D eigenvalue weighted by atomic mass is 16.3. The minimum absolute atomic E-state index is 0.0197. The summed E-state index contributed by atoms with van der Waals surface area (Å²) in [5, 5.41) is 9.76. The summed E-state index contributed by atoms with van der Waals surface area (Å²) in [6.07, 6.45) is 0.771. The molecule has 4 nitrogen and oxygen atoms in total. The van der Waals surface area contributed by atoms with Crippen LogP contribution in [-0.4, -0.2) is 60.3 Å². The van der Waals surface area contributed by atoms with Gasteiger partial charge in [0.2, 0.25) is 0 Å². The maximum absolute atomic E-state index is 9.76. The number of hydrogen-bond acceptors (Lipinski definition) is 4. The number of nitrogens with two attached hydrogens (primary N) is 1. The van der Waals surface area contributed by atoms with Gasteiger partial charge in [-0.05, 0) is 32.9 Å². The lowest BCUT2D eigenvalue weighted by atomic mass is 9.88. The van der Waals surface area contributed by atoms with Crippen LogP contribution in [0.1, 0.15) is 25.8 Å². The fraction of sp³-hybridized carbons (Fsp3) is 0.647. The second-order valence-electron chi connectivity index (χ2n) is 6.94. The lowest BCUT2D eigenvalue weighted by Gasteiger charge is -2.46. The number of nitrogens with zero attached hydrogens (tertiary/aromatic N) is 2. The largest absolute Gasteiger partial charge is 0.394 e. The first kappa shape index (κ1) is 16.4. The molecule has 0 spiro atoms. The smallest absolute Gasteiger partial charge is 0.0656 e. The van der Waals surface area contributed by atoms with Crippen molar-refractivity contribution in [2.75, 3.05) is 39.8 Å². The molecule has 2 rings (SSSR count). The molecule has 0 aromatic heterocycles. The Bertz CT molecular complexity index is 449. The Hall–Kier alpha value is -0.940. The predicted molar refractivity (Wildman–Crippen MR) is 87.2 cm³/mol. The summed E-state index contributed by atoms with van der Waals surface area (Å²) in [4.78, 5) is 4.86. The molecule has 118 valence electrons. The molecule has 1 unspecified atom stereocenters. The van der Waals surface area contributed by atoms with Gasteiger partial charge < -0.3 is 15.7 Å². The van der Waals surface area contributed by atoms with E-state index in [0.29, 0.717) is 0 Å². The van der Waals surface area contributed by atoms with Crippen molar-refractivity contribution in [2.24, 2.45) is 5.73 Å². The summed E-state index contributed by atoms with van der Waals surface area (Å²) in [5.41, 5.74) is 7.01. The van der Waals surface area contributed by atoms with Crippen molar-refractivity contribution in [3.63, 3.8) is 0 Å². The van der Waals surface area contributed by atoms with E-state index in [4.69, 9.17) is 5.73 Å². The van der Waals surface area contributed by atoms with Crippen molar-refractivity contribution >= 4 is 0 Å². The minimum Gasteiger partial charge on any atom is -0.394 e. The zero-order valence-electron chi connectivity index (χ0n) is 13.5. The van der Waals surface area contributed by atoms with Gasteiger partial charge in [-0.2, -0.15) is 0 Å². The topological polar surface area (TPSA) is 52.7 Å². The quantitative estimate of drug-likeness (QED) is 0.857. The van der Waals surface area contributed by atoms with Gasteiger partial charge in [-0.1, -0.05) is 30.3 Å². The fourth-order valence-electron chi connectivity index (χ4n) is 2.97. The van der Waals surface area contributed by atoms with Crippen LogP contribution in [0.2, 0.25) is 0 Å². The molecule has 0 radical (unpaired) electrons. The molecule has 21 heavy (non-hydrogen) atoms. The highest BCUT2D eigenvalue weighted by Crippen LogP contribution is 2.24. The third kappa shape index (κ3) is 3.83. The van der Waals surface area contributed by atoms with Crippen LogP contribution in [0.3, 0.4) is 0 Å². The van der Waals surface area contributed by atoms with E-state index < -0.39 is 5.54 Å². The normalized spacial score (nSPS) is 22.9. The van der Waals surface area contributed by atoms with E-state index >= 15 is 0 Å². The van der Waals surface area contributed by atoms with E-state index in [0.717, 1.165) is 38.2 Å². The van der Waals surface area contributed by atoms with Gasteiger partial charge in [-0.15, -0.1) is 0 Å². The van der Waals surface area contributed by atoms with Crippen LogP contribution in [0.5, 0.6) is 0 Å². The summed E-state index contributed by atoms with van der Waals surface area (Å²) in [6, 6.07) is 9.94. The Balaban J connectivity index is 1.98. The number of hydrogen-bond donors (Lipinski definition) is 2. The first-order chi connectivity index (χ1) is 9.87. The van der Waals surface area contributed by atoms with Gasteiger partial charge >= 0.3 is 0 Å². The van der Waals surface area contributed by atoms with Crippen LogP contribution >= 0.6 is 0 Å². The summed E-state index contributed by atoms with van der Waals surface area (Å²) >= 11 is 0. The highest BCUT2D eigenvalue weighted by Gasteiger charge is 2.33. The van der Waals surface area contributed by atoms with Gasteiger partial charge in [0.25, 0.3) is 0 Å². The van der Waals surface area contributed by atoms with Crippen LogP contribution in [0.15, 0.2) is 30.3 Å². The maximum atomic E-state index is 9.76. The van der Waals surface area contributed by atoms with Crippen molar-refractivity contribution in [1.29, 1.82) is 0 Å². The number of benzene rings is 1. The van der Waals surface area contributed by atoms with Gasteiger partial charge in [-0.25, -0.2) is 0 Å². The van der Waals surface area contributed by atoms with Crippen LogP contribution in [0.4, 0.5) is 0 Å². The highest BCUT2D eigenvalue weighted by molar-refractivity contribution is 5.24. The van der Waals surface area contributed by atoms with E-state index in [1.807, 2.05) is 30.3 Å². The van der Waals surface area contributed by atoms with E-state index in [2.05, 4.69) is 30.7 Å². The Labute approximate surface area is 128 Å². The van der Waals surface area contributed by atoms with E-state index in [1.54, 1.807) is 0 Å². The second kappa shape index (κ2) is 6.44. The van der Waals surface area contributed by atoms with Gasteiger partial charge in [0.05, 0.1) is 12.1 Å². The Kier molecular flexibility index (Phi) is 5.04. The zero-order chi connectivity index (χ0) is 15.5. The summed E-state index contributed by atoms with van der Waals surface area (Å²) in [7, 11) is 2.18. The molecule has 1 fully saturated rings. The number of piperazine rings is 1. The molecule has 1 saturated heterocycles. The molecule has 0 aliphatic carbocycles. The average Bonchev–Trinajstić information content (AvgIpc) is 2.49. The molecular formula is C17H29N3O. The molecule has 0 saturated carbocycles. The molecule has 1 aromatic rings. The standard InChI is InChI=1S/C17H29N3O/c1-16(2)13-20(12-11-19(16)3)10-9-17(18,14-21)15-7-5-4-6-8-15/h4-8,21H,9-14,18H2,1-3H3. The number of likely N-dealkylation sites (N-methyl/N-ethyl adjacent to an activating group) is 1. The molecule has 1 heterocycles. The van der Waals surface area contributed by atoms with Crippen molar-refractivity contribution in [1.82, 2.24) is 9.80 Å². The zero-order valence-corrected chi connectivity index (χ0v) is 13.5. The third-order valence-corrected chi connectivity index (χ3v) is 4.90. The molecule has 4 heteroatoms. The Morgan fingerprint density at radius 3 is 2.48 bits per heavy atom. The van der Waals surface area contributed by atoms with E-state index in [1.165, 1.54) is 0 Å². The van der Waals surface area contributed by atoms with Crippen molar-refractivity contribution < 1.29 is 5.11 Å².